The van der Waals surface area contributed by atoms with Gasteiger partial charge in [-0.05, 0) is 23.8 Å². The van der Waals surface area contributed by atoms with Gasteiger partial charge in [0, 0.05) is 16.7 Å². The molecule has 0 aliphatic heterocycles. The summed E-state index contributed by atoms with van der Waals surface area (Å²) in [6, 6.07) is 20.4. The molecule has 146 valence electrons. The van der Waals surface area contributed by atoms with Crippen LogP contribution in [0, 0.1) is 0 Å². The zero-order valence-electron chi connectivity index (χ0n) is 15.5. The van der Waals surface area contributed by atoms with E-state index in [0.717, 1.165) is 11.1 Å². The number of aromatic nitrogens is 4. The summed E-state index contributed by atoms with van der Waals surface area (Å²) >= 11 is 5.85. The Morgan fingerprint density at radius 1 is 1.00 bits per heavy atom. The summed E-state index contributed by atoms with van der Waals surface area (Å²) < 4.78 is 7.31. The number of fused-ring (bicyclic) bond motifs is 1. The smallest absolute Gasteiger partial charge is 0.231 e. The highest BCUT2D eigenvalue weighted by Crippen LogP contribution is 2.18. The average Bonchev–Trinajstić information content (AvgIpc) is 3.17. The molecule has 0 bridgehead atoms. The second-order valence-corrected chi connectivity index (χ2v) is 6.77. The first-order valence-electron chi connectivity index (χ1n) is 9.11. The molecule has 2 heterocycles. The zero-order valence-corrected chi connectivity index (χ0v) is 16.2. The number of hydrogen-bond donors (Lipinski definition) is 1. The van der Waals surface area contributed by atoms with Gasteiger partial charge in [-0.3, -0.25) is 4.79 Å². The lowest BCUT2D eigenvalue weighted by atomic mass is 10.1. The van der Waals surface area contributed by atoms with E-state index in [0.29, 0.717) is 41.9 Å². The molecule has 0 spiro atoms. The van der Waals surface area contributed by atoms with Gasteiger partial charge in [-0.2, -0.15) is 4.52 Å². The van der Waals surface area contributed by atoms with Gasteiger partial charge in [0.05, 0.1) is 13.0 Å². The molecule has 4 aromatic rings. The normalized spacial score (nSPS) is 10.8. The third-order valence-electron chi connectivity index (χ3n) is 4.22. The van der Waals surface area contributed by atoms with Crippen molar-refractivity contribution >= 4 is 23.2 Å². The van der Waals surface area contributed by atoms with Crippen molar-refractivity contribution in [2.45, 2.75) is 6.42 Å². The molecule has 0 fully saturated rings. The standard InChI is InChI=1S/C21H18ClN5O2/c22-17-8-6-15(7-9-17)14-19(28)23-12-13-29-20-11-10-18-24-25-21(27(18)26-20)16-4-2-1-3-5-16/h1-11H,12-14H2,(H,23,28). The Morgan fingerprint density at radius 3 is 2.59 bits per heavy atom. The highest BCUT2D eigenvalue weighted by molar-refractivity contribution is 6.30. The molecule has 2 aromatic carbocycles. The van der Waals surface area contributed by atoms with Crippen LogP contribution in [-0.2, 0) is 11.2 Å². The second kappa shape index (κ2) is 8.70. The summed E-state index contributed by atoms with van der Waals surface area (Å²) in [6.45, 7) is 0.674. The summed E-state index contributed by atoms with van der Waals surface area (Å²) in [4.78, 5) is 12.0. The minimum atomic E-state index is -0.0792. The van der Waals surface area contributed by atoms with E-state index in [4.69, 9.17) is 16.3 Å². The van der Waals surface area contributed by atoms with E-state index in [1.54, 1.807) is 28.8 Å². The number of ether oxygens (including phenoxy) is 1. The molecular formula is C21H18ClN5O2. The van der Waals surface area contributed by atoms with Crippen LogP contribution in [-0.4, -0.2) is 38.9 Å². The summed E-state index contributed by atoms with van der Waals surface area (Å²) in [7, 11) is 0. The van der Waals surface area contributed by atoms with Crippen LogP contribution in [0.5, 0.6) is 5.88 Å². The number of nitrogens with zero attached hydrogens (tertiary/aromatic N) is 4. The highest BCUT2D eigenvalue weighted by atomic mass is 35.5. The maximum absolute atomic E-state index is 12.0. The fraction of sp³-hybridized carbons (Fsp3) is 0.143. The van der Waals surface area contributed by atoms with Crippen LogP contribution in [0.3, 0.4) is 0 Å². The van der Waals surface area contributed by atoms with Gasteiger partial charge < -0.3 is 10.1 Å². The van der Waals surface area contributed by atoms with Gasteiger partial charge in [-0.1, -0.05) is 54.1 Å². The predicted molar refractivity (Wildman–Crippen MR) is 110 cm³/mol. The van der Waals surface area contributed by atoms with Gasteiger partial charge in [0.1, 0.15) is 6.61 Å². The quantitative estimate of drug-likeness (QED) is 0.476. The minimum absolute atomic E-state index is 0.0792. The van der Waals surface area contributed by atoms with Crippen molar-refractivity contribution in [3.63, 3.8) is 0 Å². The van der Waals surface area contributed by atoms with Crippen molar-refractivity contribution in [2.75, 3.05) is 13.2 Å². The minimum Gasteiger partial charge on any atom is -0.475 e. The van der Waals surface area contributed by atoms with Crippen molar-refractivity contribution in [2.24, 2.45) is 0 Å². The molecule has 4 rings (SSSR count). The van der Waals surface area contributed by atoms with Crippen LogP contribution < -0.4 is 10.1 Å². The molecule has 0 radical (unpaired) electrons. The molecule has 0 saturated heterocycles. The number of carbonyl (C=O) groups is 1. The lowest BCUT2D eigenvalue weighted by Gasteiger charge is -2.08. The number of amides is 1. The predicted octanol–water partition coefficient (Wildman–Crippen LogP) is 3.18. The van der Waals surface area contributed by atoms with Crippen molar-refractivity contribution in [3.8, 4) is 17.3 Å². The van der Waals surface area contributed by atoms with E-state index >= 15 is 0 Å². The molecule has 29 heavy (non-hydrogen) atoms. The number of hydrogen-bond acceptors (Lipinski definition) is 5. The van der Waals surface area contributed by atoms with Gasteiger partial charge in [-0.25, -0.2) is 0 Å². The van der Waals surface area contributed by atoms with Crippen molar-refractivity contribution < 1.29 is 9.53 Å². The van der Waals surface area contributed by atoms with Crippen molar-refractivity contribution in [1.29, 1.82) is 0 Å². The van der Waals surface area contributed by atoms with E-state index < -0.39 is 0 Å². The second-order valence-electron chi connectivity index (χ2n) is 6.33. The topological polar surface area (TPSA) is 81.4 Å². The lowest BCUT2D eigenvalue weighted by Crippen LogP contribution is -2.29. The monoisotopic (exact) mass is 407 g/mol. The summed E-state index contributed by atoms with van der Waals surface area (Å²) in [6.07, 6.45) is 0.294. The summed E-state index contributed by atoms with van der Waals surface area (Å²) in [5, 5.41) is 16.3. The molecule has 0 saturated carbocycles. The Kier molecular flexibility index (Phi) is 5.67. The van der Waals surface area contributed by atoms with Gasteiger partial charge >= 0.3 is 0 Å². The number of rotatable bonds is 7. The largest absolute Gasteiger partial charge is 0.475 e. The van der Waals surface area contributed by atoms with Crippen molar-refractivity contribution in [3.05, 3.63) is 77.3 Å². The molecule has 1 amide bonds. The van der Waals surface area contributed by atoms with E-state index in [2.05, 4.69) is 20.6 Å². The third-order valence-corrected chi connectivity index (χ3v) is 4.47. The van der Waals surface area contributed by atoms with Gasteiger partial charge in [0.15, 0.2) is 11.5 Å². The first-order chi connectivity index (χ1) is 14.2. The Bertz CT molecular complexity index is 1110. The van der Waals surface area contributed by atoms with Gasteiger partial charge in [0.25, 0.3) is 0 Å². The zero-order chi connectivity index (χ0) is 20.1. The maximum atomic E-state index is 12.0. The maximum Gasteiger partial charge on any atom is 0.231 e. The van der Waals surface area contributed by atoms with E-state index in [-0.39, 0.29) is 5.91 Å². The number of carbonyl (C=O) groups excluding carboxylic acids is 1. The average molecular weight is 408 g/mol. The SMILES string of the molecule is O=C(Cc1ccc(Cl)cc1)NCCOc1ccc2nnc(-c3ccccc3)n2n1. The van der Waals surface area contributed by atoms with E-state index in [1.165, 1.54) is 0 Å². The molecule has 0 aliphatic rings. The van der Waals surface area contributed by atoms with Crippen LogP contribution in [0.15, 0.2) is 66.7 Å². The lowest BCUT2D eigenvalue weighted by molar-refractivity contribution is -0.120. The van der Waals surface area contributed by atoms with Crippen LogP contribution in [0.4, 0.5) is 0 Å². The molecule has 0 atom stereocenters. The van der Waals surface area contributed by atoms with E-state index in [9.17, 15) is 4.79 Å². The summed E-state index contributed by atoms with van der Waals surface area (Å²) in [5.74, 6) is 0.994. The fourth-order valence-corrected chi connectivity index (χ4v) is 2.94. The molecule has 7 nitrogen and oxygen atoms in total. The molecule has 0 unspecified atom stereocenters. The Balaban J connectivity index is 1.33. The fourth-order valence-electron chi connectivity index (χ4n) is 2.81. The number of nitrogens with one attached hydrogen (secondary N) is 1. The van der Waals surface area contributed by atoms with Crippen LogP contribution in [0.1, 0.15) is 5.56 Å². The van der Waals surface area contributed by atoms with Gasteiger partial charge in [0.2, 0.25) is 11.8 Å². The molecule has 1 N–H and O–H groups in total. The molecular weight excluding hydrogens is 390 g/mol. The molecule has 0 aliphatic carbocycles. The number of benzene rings is 2. The van der Waals surface area contributed by atoms with Crippen LogP contribution >= 0.6 is 11.6 Å². The van der Waals surface area contributed by atoms with Crippen molar-refractivity contribution in [1.82, 2.24) is 25.1 Å². The Labute approximate surface area is 172 Å². The molecule has 8 heteroatoms. The summed E-state index contributed by atoms with van der Waals surface area (Å²) in [5.41, 5.74) is 2.45. The van der Waals surface area contributed by atoms with E-state index in [1.807, 2.05) is 42.5 Å². The number of halogens is 1. The van der Waals surface area contributed by atoms with Crippen LogP contribution in [0.25, 0.3) is 17.0 Å². The highest BCUT2D eigenvalue weighted by Gasteiger charge is 2.10. The third kappa shape index (κ3) is 4.70. The Morgan fingerprint density at radius 2 is 1.79 bits per heavy atom. The first kappa shape index (κ1) is 18.9. The Hall–Kier alpha value is -3.45. The molecule has 2 aromatic heterocycles. The van der Waals surface area contributed by atoms with Crippen LogP contribution in [0.2, 0.25) is 5.02 Å². The first-order valence-corrected chi connectivity index (χ1v) is 9.49. The van der Waals surface area contributed by atoms with Gasteiger partial charge in [-0.15, -0.1) is 15.3 Å².